The molecule has 1 aromatic heterocycles. The summed E-state index contributed by atoms with van der Waals surface area (Å²) in [6, 6.07) is 0. The Morgan fingerprint density at radius 3 is 2.75 bits per heavy atom. The Balaban J connectivity index is 2.77. The number of methoxy groups -OCH3 is 1. The van der Waals surface area contributed by atoms with E-state index in [4.69, 9.17) is 21.1 Å². The third kappa shape index (κ3) is 4.12. The Labute approximate surface area is 114 Å². The summed E-state index contributed by atoms with van der Waals surface area (Å²) in [7, 11) is 1.63. The number of ether oxygens (including phenoxy) is 2. The molecule has 0 saturated carbocycles. The molecular formula is C10H14ClIN2O2. The lowest BCUT2D eigenvalue weighted by Crippen LogP contribution is -2.07. The molecule has 0 fully saturated rings. The van der Waals surface area contributed by atoms with Crippen LogP contribution in [-0.4, -0.2) is 30.3 Å². The summed E-state index contributed by atoms with van der Waals surface area (Å²) in [5.74, 6) is 0.700. The van der Waals surface area contributed by atoms with Gasteiger partial charge in [0, 0.05) is 20.1 Å². The fraction of sp³-hybridized carbons (Fsp3) is 0.600. The first-order chi connectivity index (χ1) is 7.69. The molecule has 0 bridgehead atoms. The fourth-order valence-corrected chi connectivity index (χ4v) is 1.77. The van der Waals surface area contributed by atoms with Crippen molar-refractivity contribution in [1.82, 2.24) is 9.97 Å². The van der Waals surface area contributed by atoms with Crippen LogP contribution in [0.15, 0.2) is 0 Å². The average molecular weight is 357 g/mol. The highest BCUT2D eigenvalue weighted by molar-refractivity contribution is 14.1. The van der Waals surface area contributed by atoms with Crippen molar-refractivity contribution in [3.05, 3.63) is 20.2 Å². The van der Waals surface area contributed by atoms with Gasteiger partial charge in [0.25, 0.3) is 0 Å². The van der Waals surface area contributed by atoms with Gasteiger partial charge in [-0.25, -0.2) is 9.97 Å². The molecule has 1 rings (SSSR count). The highest BCUT2D eigenvalue weighted by Crippen LogP contribution is 2.19. The number of aromatic nitrogens is 2. The maximum absolute atomic E-state index is 6.01. The lowest BCUT2D eigenvalue weighted by atomic mass is 10.3. The van der Waals surface area contributed by atoms with Crippen molar-refractivity contribution >= 4 is 34.2 Å². The zero-order chi connectivity index (χ0) is 12.0. The maximum atomic E-state index is 6.01. The molecule has 0 aliphatic rings. The van der Waals surface area contributed by atoms with Crippen LogP contribution in [0.4, 0.5) is 0 Å². The predicted octanol–water partition coefficient (Wildman–Crippen LogP) is 2.46. The molecule has 0 unspecified atom stereocenters. The Bertz CT molecular complexity index is 350. The molecule has 0 aromatic carbocycles. The Morgan fingerprint density at radius 1 is 1.38 bits per heavy atom. The second-order valence-corrected chi connectivity index (χ2v) is 4.51. The van der Waals surface area contributed by atoms with Gasteiger partial charge in [0.15, 0.2) is 0 Å². The van der Waals surface area contributed by atoms with Gasteiger partial charge >= 0.3 is 0 Å². The first-order valence-electron chi connectivity index (χ1n) is 4.96. The molecular weight excluding hydrogens is 342 g/mol. The van der Waals surface area contributed by atoms with Crippen LogP contribution in [0.3, 0.4) is 0 Å². The molecule has 0 radical (unpaired) electrons. The molecule has 0 aliphatic carbocycles. The summed E-state index contributed by atoms with van der Waals surface area (Å²) in [4.78, 5) is 8.59. The predicted molar refractivity (Wildman–Crippen MR) is 70.7 cm³/mol. The van der Waals surface area contributed by atoms with Gasteiger partial charge in [-0.2, -0.15) is 0 Å². The minimum Gasteiger partial charge on any atom is -0.381 e. The second-order valence-electron chi connectivity index (χ2n) is 3.07. The summed E-state index contributed by atoms with van der Waals surface area (Å²) in [6.07, 6.45) is 0.668. The van der Waals surface area contributed by atoms with Crippen LogP contribution >= 0.6 is 34.2 Å². The van der Waals surface area contributed by atoms with E-state index >= 15 is 0 Å². The molecule has 6 heteroatoms. The van der Waals surface area contributed by atoms with Crippen LogP contribution < -0.4 is 0 Å². The standard InChI is InChI=1S/C10H14ClIN2O2/c1-3-16-5-4-8-13-7(6-15-2)9(12)10(11)14-8/h3-6H2,1-2H3. The summed E-state index contributed by atoms with van der Waals surface area (Å²) in [6.45, 7) is 3.71. The monoisotopic (exact) mass is 356 g/mol. The zero-order valence-corrected chi connectivity index (χ0v) is 12.2. The van der Waals surface area contributed by atoms with E-state index in [1.54, 1.807) is 7.11 Å². The Kier molecular flexibility index (Phi) is 6.48. The smallest absolute Gasteiger partial charge is 0.146 e. The van der Waals surface area contributed by atoms with Crippen molar-refractivity contribution in [2.45, 2.75) is 20.0 Å². The van der Waals surface area contributed by atoms with Crippen LogP contribution in [0.25, 0.3) is 0 Å². The molecule has 16 heavy (non-hydrogen) atoms. The van der Waals surface area contributed by atoms with E-state index in [2.05, 4.69) is 32.6 Å². The van der Waals surface area contributed by atoms with Gasteiger partial charge in [-0.15, -0.1) is 0 Å². The SMILES string of the molecule is CCOCCc1nc(Cl)c(I)c(COC)n1. The highest BCUT2D eigenvalue weighted by Gasteiger charge is 2.10. The number of hydrogen-bond acceptors (Lipinski definition) is 4. The first-order valence-corrected chi connectivity index (χ1v) is 6.42. The summed E-state index contributed by atoms with van der Waals surface area (Å²) in [5.41, 5.74) is 0.828. The molecule has 0 N–H and O–H groups in total. The molecule has 0 saturated heterocycles. The number of rotatable bonds is 6. The molecule has 1 heterocycles. The van der Waals surface area contributed by atoms with E-state index in [1.165, 1.54) is 0 Å². The first kappa shape index (κ1) is 14.1. The summed E-state index contributed by atoms with van der Waals surface area (Å²) < 4.78 is 11.2. The molecule has 0 aliphatic heterocycles. The minimum absolute atomic E-state index is 0.447. The van der Waals surface area contributed by atoms with Gasteiger partial charge in [-0.1, -0.05) is 11.6 Å². The van der Waals surface area contributed by atoms with Crippen LogP contribution in [0.2, 0.25) is 5.15 Å². The quantitative estimate of drug-likeness (QED) is 0.446. The van der Waals surface area contributed by atoms with Gasteiger partial charge in [-0.05, 0) is 29.5 Å². The van der Waals surface area contributed by atoms with E-state index in [1.807, 2.05) is 6.92 Å². The van der Waals surface area contributed by atoms with E-state index < -0.39 is 0 Å². The van der Waals surface area contributed by atoms with Crippen LogP contribution in [0.5, 0.6) is 0 Å². The van der Waals surface area contributed by atoms with Crippen molar-refractivity contribution in [3.63, 3.8) is 0 Å². The lowest BCUT2D eigenvalue weighted by molar-refractivity contribution is 0.149. The van der Waals surface area contributed by atoms with Gasteiger partial charge in [0.2, 0.25) is 0 Å². The Hall–Kier alpha value is 0.0200. The molecule has 4 nitrogen and oxygen atoms in total. The molecule has 0 amide bonds. The number of halogens is 2. The molecule has 1 aromatic rings. The summed E-state index contributed by atoms with van der Waals surface area (Å²) >= 11 is 8.13. The largest absolute Gasteiger partial charge is 0.381 e. The topological polar surface area (TPSA) is 44.2 Å². The molecule has 90 valence electrons. The summed E-state index contributed by atoms with van der Waals surface area (Å²) in [5, 5.41) is 0.481. The van der Waals surface area contributed by atoms with Crippen LogP contribution in [0.1, 0.15) is 18.4 Å². The number of nitrogens with zero attached hydrogens (tertiary/aromatic N) is 2. The van der Waals surface area contributed by atoms with E-state index in [0.29, 0.717) is 37.2 Å². The minimum atomic E-state index is 0.447. The van der Waals surface area contributed by atoms with E-state index in [-0.39, 0.29) is 0 Å². The Morgan fingerprint density at radius 2 is 2.12 bits per heavy atom. The van der Waals surface area contributed by atoms with Crippen molar-refractivity contribution in [3.8, 4) is 0 Å². The van der Waals surface area contributed by atoms with Crippen LogP contribution in [-0.2, 0) is 22.5 Å². The van der Waals surface area contributed by atoms with Gasteiger partial charge in [0.1, 0.15) is 11.0 Å². The van der Waals surface area contributed by atoms with Crippen molar-refractivity contribution in [1.29, 1.82) is 0 Å². The van der Waals surface area contributed by atoms with Crippen molar-refractivity contribution in [2.24, 2.45) is 0 Å². The van der Waals surface area contributed by atoms with Gasteiger partial charge in [0.05, 0.1) is 22.5 Å². The van der Waals surface area contributed by atoms with Gasteiger partial charge in [-0.3, -0.25) is 0 Å². The van der Waals surface area contributed by atoms with Crippen molar-refractivity contribution < 1.29 is 9.47 Å². The van der Waals surface area contributed by atoms with E-state index in [0.717, 1.165) is 9.26 Å². The van der Waals surface area contributed by atoms with Crippen LogP contribution in [0, 0.1) is 3.57 Å². The average Bonchev–Trinajstić information content (AvgIpc) is 2.26. The normalized spacial score (nSPS) is 10.8. The van der Waals surface area contributed by atoms with Crippen molar-refractivity contribution in [2.75, 3.05) is 20.3 Å². The second kappa shape index (κ2) is 7.37. The molecule has 0 atom stereocenters. The fourth-order valence-electron chi connectivity index (χ4n) is 1.16. The highest BCUT2D eigenvalue weighted by atomic mass is 127. The molecule has 0 spiro atoms. The lowest BCUT2D eigenvalue weighted by Gasteiger charge is -2.07. The van der Waals surface area contributed by atoms with Gasteiger partial charge < -0.3 is 9.47 Å². The third-order valence-corrected chi connectivity index (χ3v) is 3.61. The van der Waals surface area contributed by atoms with E-state index in [9.17, 15) is 0 Å². The number of hydrogen-bond donors (Lipinski definition) is 0. The maximum Gasteiger partial charge on any atom is 0.146 e. The third-order valence-electron chi connectivity index (χ3n) is 1.88. The zero-order valence-electron chi connectivity index (χ0n) is 9.30.